The molecule has 8 heteroatoms. The number of nitrogens with zero attached hydrogens (tertiary/aromatic N) is 2. The van der Waals surface area contributed by atoms with E-state index >= 15 is 0 Å². The van der Waals surface area contributed by atoms with Crippen LogP contribution in [-0.2, 0) is 15.9 Å². The van der Waals surface area contributed by atoms with Gasteiger partial charge in [-0.05, 0) is 74.2 Å². The van der Waals surface area contributed by atoms with Gasteiger partial charge in [0.05, 0.1) is 11.3 Å². The number of pyridine rings is 1. The van der Waals surface area contributed by atoms with Gasteiger partial charge in [-0.25, -0.2) is 4.98 Å². The fourth-order valence-electron chi connectivity index (χ4n) is 7.08. The predicted molar refractivity (Wildman–Crippen MR) is 161 cm³/mol. The van der Waals surface area contributed by atoms with Crippen molar-refractivity contribution in [3.05, 3.63) is 24.0 Å². The molecule has 4 aliphatic carbocycles. The van der Waals surface area contributed by atoms with E-state index in [1.807, 2.05) is 6.20 Å². The Bertz CT molecular complexity index is 1150. The SMILES string of the molecule is CC(C)(C)[Si](C)(C)OC1(Nc2c(C=O)cnc3c2ccn3COCC[Si](C)(C)C)C2CC3CC(C2)CC1C3. The molecule has 6 nitrogen and oxygen atoms in total. The Morgan fingerprint density at radius 1 is 1.08 bits per heavy atom. The Morgan fingerprint density at radius 3 is 2.26 bits per heavy atom. The van der Waals surface area contributed by atoms with Crippen LogP contribution in [0.1, 0.15) is 63.2 Å². The molecule has 38 heavy (non-hydrogen) atoms. The number of anilines is 1. The minimum absolute atomic E-state index is 0.105. The van der Waals surface area contributed by atoms with E-state index in [4.69, 9.17) is 14.1 Å². The number of rotatable bonds is 10. The summed E-state index contributed by atoms with van der Waals surface area (Å²) in [7, 11) is -3.25. The quantitative estimate of drug-likeness (QED) is 0.141. The van der Waals surface area contributed by atoms with Crippen molar-refractivity contribution in [3.63, 3.8) is 0 Å². The number of fused-ring (bicyclic) bond motifs is 1. The van der Waals surface area contributed by atoms with E-state index in [1.165, 1.54) is 32.1 Å². The van der Waals surface area contributed by atoms with E-state index in [2.05, 4.69) is 69.5 Å². The van der Waals surface area contributed by atoms with Crippen LogP contribution in [0.3, 0.4) is 0 Å². The topological polar surface area (TPSA) is 65.4 Å². The first-order chi connectivity index (χ1) is 17.7. The number of aldehydes is 1. The molecule has 6 rings (SSSR count). The van der Waals surface area contributed by atoms with Crippen LogP contribution in [0.5, 0.6) is 0 Å². The molecule has 0 aliphatic heterocycles. The lowest BCUT2D eigenvalue weighted by atomic mass is 9.52. The molecule has 2 aromatic rings. The number of nitrogens with one attached hydrogen (secondary N) is 1. The lowest BCUT2D eigenvalue weighted by Gasteiger charge is -2.63. The van der Waals surface area contributed by atoms with Crippen molar-refractivity contribution >= 4 is 39.4 Å². The minimum Gasteiger partial charge on any atom is -0.394 e. The van der Waals surface area contributed by atoms with Crippen molar-refractivity contribution in [2.45, 2.75) is 109 Å². The number of hydrogen-bond acceptors (Lipinski definition) is 5. The molecule has 0 saturated heterocycles. The number of aromatic nitrogens is 2. The highest BCUT2D eigenvalue weighted by atomic mass is 28.4. The average molecular weight is 556 g/mol. The summed E-state index contributed by atoms with van der Waals surface area (Å²) in [5.41, 5.74) is 1.93. The molecule has 4 aliphatic rings. The second kappa shape index (κ2) is 9.86. The Balaban J connectivity index is 1.51. The molecule has 4 fully saturated rings. The van der Waals surface area contributed by atoms with E-state index in [1.54, 1.807) is 6.20 Å². The molecular weight excluding hydrogens is 507 g/mol. The Morgan fingerprint density at radius 2 is 1.71 bits per heavy atom. The number of carbonyl (C=O) groups is 1. The van der Waals surface area contributed by atoms with Crippen molar-refractivity contribution < 1.29 is 14.0 Å². The van der Waals surface area contributed by atoms with E-state index in [-0.39, 0.29) is 5.04 Å². The van der Waals surface area contributed by atoms with Crippen LogP contribution in [0.25, 0.3) is 11.0 Å². The van der Waals surface area contributed by atoms with Crippen LogP contribution in [-0.4, -0.2) is 44.6 Å². The van der Waals surface area contributed by atoms with Crippen molar-refractivity contribution in [3.8, 4) is 0 Å². The zero-order valence-electron chi connectivity index (χ0n) is 24.9. The maximum Gasteiger partial charge on any atom is 0.195 e. The maximum atomic E-state index is 12.3. The molecule has 0 aromatic carbocycles. The van der Waals surface area contributed by atoms with Crippen LogP contribution < -0.4 is 5.32 Å². The van der Waals surface area contributed by atoms with Crippen LogP contribution in [0, 0.1) is 23.7 Å². The summed E-state index contributed by atoms with van der Waals surface area (Å²) in [6.45, 7) is 20.1. The summed E-state index contributed by atoms with van der Waals surface area (Å²) in [4.78, 5) is 17.0. The van der Waals surface area contributed by atoms with Crippen molar-refractivity contribution in [2.24, 2.45) is 23.7 Å². The number of carbonyl (C=O) groups excluding carboxylic acids is 1. The van der Waals surface area contributed by atoms with Crippen molar-refractivity contribution in [1.29, 1.82) is 0 Å². The first-order valence-corrected chi connectivity index (χ1v) is 21.3. The lowest BCUT2D eigenvalue weighted by Crippen LogP contribution is -2.67. The summed E-state index contributed by atoms with van der Waals surface area (Å²) in [5.74, 6) is 2.60. The van der Waals surface area contributed by atoms with E-state index in [0.29, 0.717) is 24.1 Å². The minimum atomic E-state index is -2.11. The third-order valence-electron chi connectivity index (χ3n) is 10.1. The van der Waals surface area contributed by atoms with Gasteiger partial charge in [0.25, 0.3) is 0 Å². The molecule has 0 amide bonds. The van der Waals surface area contributed by atoms with Gasteiger partial charge in [-0.1, -0.05) is 40.4 Å². The van der Waals surface area contributed by atoms with Gasteiger partial charge in [-0.3, -0.25) is 4.79 Å². The van der Waals surface area contributed by atoms with Gasteiger partial charge in [0.1, 0.15) is 18.1 Å². The largest absolute Gasteiger partial charge is 0.394 e. The normalized spacial score (nSPS) is 29.3. The van der Waals surface area contributed by atoms with Gasteiger partial charge in [0, 0.05) is 44.3 Å². The van der Waals surface area contributed by atoms with E-state index < -0.39 is 22.1 Å². The predicted octanol–water partition coefficient (Wildman–Crippen LogP) is 7.75. The molecule has 1 N–H and O–H groups in total. The fourth-order valence-corrected chi connectivity index (χ4v) is 9.37. The molecule has 0 unspecified atom stereocenters. The molecular formula is C30H49N3O3Si2. The van der Waals surface area contributed by atoms with E-state index in [0.717, 1.165) is 47.5 Å². The Labute approximate surface area is 231 Å². The van der Waals surface area contributed by atoms with Crippen LogP contribution >= 0.6 is 0 Å². The molecule has 0 spiro atoms. The zero-order valence-corrected chi connectivity index (χ0v) is 26.9. The third-order valence-corrected chi connectivity index (χ3v) is 16.2. The van der Waals surface area contributed by atoms with Gasteiger partial charge in [-0.2, -0.15) is 0 Å². The maximum absolute atomic E-state index is 12.3. The molecule has 210 valence electrons. The standard InChI is InChI=1S/C30H49N3O3Si2/c1-29(2,3)38(7,8)36-30(24-14-21-13-22(16-24)17-25(30)15-21)32-27-23(19-34)18-31-28-26(27)9-10-33(28)20-35-11-12-37(4,5)6/h9-10,18-19,21-22,24-25H,11-17,20H2,1-8H3,(H,31,32). The highest BCUT2D eigenvalue weighted by molar-refractivity contribution is 6.76. The van der Waals surface area contributed by atoms with Gasteiger partial charge < -0.3 is 19.0 Å². The first-order valence-electron chi connectivity index (χ1n) is 14.7. The highest BCUT2D eigenvalue weighted by Gasteiger charge is 2.61. The second-order valence-corrected chi connectivity index (χ2v) is 25.5. The van der Waals surface area contributed by atoms with Gasteiger partial charge in [-0.15, -0.1) is 0 Å². The number of hydrogen-bond donors (Lipinski definition) is 1. The zero-order chi connectivity index (χ0) is 27.5. The summed E-state index contributed by atoms with van der Waals surface area (Å²) < 4.78 is 15.6. The van der Waals surface area contributed by atoms with Crippen molar-refractivity contribution in [1.82, 2.24) is 9.55 Å². The lowest BCUT2D eigenvalue weighted by molar-refractivity contribution is -0.146. The van der Waals surface area contributed by atoms with Crippen LogP contribution in [0.4, 0.5) is 5.69 Å². The monoisotopic (exact) mass is 555 g/mol. The van der Waals surface area contributed by atoms with Crippen LogP contribution in [0.15, 0.2) is 18.5 Å². The highest BCUT2D eigenvalue weighted by Crippen LogP contribution is 2.61. The van der Waals surface area contributed by atoms with Crippen molar-refractivity contribution in [2.75, 3.05) is 11.9 Å². The number of ether oxygens (including phenoxy) is 1. The average Bonchev–Trinajstić information content (AvgIpc) is 3.22. The summed E-state index contributed by atoms with van der Waals surface area (Å²) in [5, 5.41) is 5.11. The van der Waals surface area contributed by atoms with Crippen LogP contribution in [0.2, 0.25) is 43.8 Å². The Kier molecular flexibility index (Phi) is 7.28. The third kappa shape index (κ3) is 5.18. The molecule has 0 atom stereocenters. The van der Waals surface area contributed by atoms with Gasteiger partial charge >= 0.3 is 0 Å². The smallest absolute Gasteiger partial charge is 0.195 e. The molecule has 4 bridgehead atoms. The summed E-state index contributed by atoms with van der Waals surface area (Å²) in [6, 6.07) is 3.23. The summed E-state index contributed by atoms with van der Waals surface area (Å²) >= 11 is 0. The van der Waals surface area contributed by atoms with Gasteiger partial charge in [0.2, 0.25) is 0 Å². The Hall–Kier alpha value is -1.49. The molecule has 2 aromatic heterocycles. The van der Waals surface area contributed by atoms with Gasteiger partial charge in [0.15, 0.2) is 14.6 Å². The summed E-state index contributed by atoms with van der Waals surface area (Å²) in [6.07, 6.45) is 11.0. The molecule has 4 saturated carbocycles. The first kappa shape index (κ1) is 28.1. The van der Waals surface area contributed by atoms with E-state index in [9.17, 15) is 4.79 Å². The molecule has 0 radical (unpaired) electrons. The fraction of sp³-hybridized carbons (Fsp3) is 0.733. The second-order valence-electron chi connectivity index (χ2n) is 15.2. The molecule has 2 heterocycles.